The van der Waals surface area contributed by atoms with Crippen molar-refractivity contribution in [1.82, 2.24) is 9.62 Å². The summed E-state index contributed by atoms with van der Waals surface area (Å²) in [6, 6.07) is 4.89. The standard InChI is InChI=1S/C14H19FN2O2S.ClH/c1-10-2-5-14(13(15)8-10)20(18,19)17-7-6-11-3-4-12(9-17)16-11;/h2,5,8,11-12,16H,3-4,6-7,9H2,1H3;1H. The molecule has 3 rings (SSSR count). The number of halogens is 2. The number of fused-ring (bicyclic) bond motifs is 2. The fourth-order valence-electron chi connectivity index (χ4n) is 3.08. The lowest BCUT2D eigenvalue weighted by Gasteiger charge is -2.23. The van der Waals surface area contributed by atoms with Gasteiger partial charge in [-0.25, -0.2) is 12.8 Å². The van der Waals surface area contributed by atoms with Crippen LogP contribution in [0.15, 0.2) is 23.1 Å². The van der Waals surface area contributed by atoms with Crippen LogP contribution in [-0.2, 0) is 10.0 Å². The minimum atomic E-state index is -3.74. The van der Waals surface area contributed by atoms with Gasteiger partial charge in [-0.05, 0) is 43.9 Å². The van der Waals surface area contributed by atoms with Gasteiger partial charge >= 0.3 is 0 Å². The van der Waals surface area contributed by atoms with Crippen LogP contribution >= 0.6 is 12.4 Å². The van der Waals surface area contributed by atoms with Gasteiger partial charge in [0.05, 0.1) is 0 Å². The first-order valence-corrected chi connectivity index (χ1v) is 8.43. The molecule has 21 heavy (non-hydrogen) atoms. The molecule has 0 aliphatic carbocycles. The second-order valence-corrected chi connectivity index (χ2v) is 7.63. The van der Waals surface area contributed by atoms with Gasteiger partial charge in [-0.1, -0.05) is 6.07 Å². The predicted molar refractivity (Wildman–Crippen MR) is 81.7 cm³/mol. The van der Waals surface area contributed by atoms with Crippen molar-refractivity contribution >= 4 is 22.4 Å². The first kappa shape index (κ1) is 16.7. The molecule has 1 N–H and O–H groups in total. The number of nitrogens with one attached hydrogen (secondary N) is 1. The van der Waals surface area contributed by atoms with E-state index in [4.69, 9.17) is 0 Å². The van der Waals surface area contributed by atoms with Crippen molar-refractivity contribution in [2.45, 2.75) is 43.2 Å². The Morgan fingerprint density at radius 1 is 1.24 bits per heavy atom. The van der Waals surface area contributed by atoms with E-state index < -0.39 is 15.8 Å². The number of aryl methyl sites for hydroxylation is 1. The zero-order valence-electron chi connectivity index (χ0n) is 11.9. The van der Waals surface area contributed by atoms with E-state index >= 15 is 0 Å². The number of hydrogen-bond acceptors (Lipinski definition) is 3. The Bertz CT molecular complexity index is 623. The molecule has 2 atom stereocenters. The highest BCUT2D eigenvalue weighted by Gasteiger charge is 2.35. The molecule has 0 saturated carbocycles. The Balaban J connectivity index is 0.00000161. The molecule has 2 saturated heterocycles. The van der Waals surface area contributed by atoms with Crippen LogP contribution < -0.4 is 5.32 Å². The molecular weight excluding hydrogens is 315 g/mol. The van der Waals surface area contributed by atoms with Crippen LogP contribution in [0.2, 0.25) is 0 Å². The third kappa shape index (κ3) is 3.23. The molecule has 2 fully saturated rings. The van der Waals surface area contributed by atoms with Crippen LogP contribution in [0.3, 0.4) is 0 Å². The van der Waals surface area contributed by atoms with Gasteiger partial charge in [0.25, 0.3) is 0 Å². The van der Waals surface area contributed by atoms with Gasteiger partial charge in [0.15, 0.2) is 0 Å². The fourth-order valence-corrected chi connectivity index (χ4v) is 4.63. The number of benzene rings is 1. The summed E-state index contributed by atoms with van der Waals surface area (Å²) in [6.45, 7) is 2.64. The van der Waals surface area contributed by atoms with Gasteiger partial charge in [-0.3, -0.25) is 0 Å². The maximum absolute atomic E-state index is 14.0. The minimum Gasteiger partial charge on any atom is -0.310 e. The topological polar surface area (TPSA) is 49.4 Å². The highest BCUT2D eigenvalue weighted by molar-refractivity contribution is 7.89. The van der Waals surface area contributed by atoms with Crippen molar-refractivity contribution in [1.29, 1.82) is 0 Å². The van der Waals surface area contributed by atoms with Crippen LogP contribution in [0.4, 0.5) is 4.39 Å². The molecule has 118 valence electrons. The maximum Gasteiger partial charge on any atom is 0.246 e. The van der Waals surface area contributed by atoms with E-state index in [0.717, 1.165) is 24.8 Å². The van der Waals surface area contributed by atoms with Crippen LogP contribution in [0.5, 0.6) is 0 Å². The van der Waals surface area contributed by atoms with E-state index in [-0.39, 0.29) is 23.3 Å². The maximum atomic E-state index is 14.0. The molecule has 1 aromatic carbocycles. The highest BCUT2D eigenvalue weighted by Crippen LogP contribution is 2.26. The molecule has 2 bridgehead atoms. The summed E-state index contributed by atoms with van der Waals surface area (Å²) in [4.78, 5) is -0.208. The first-order chi connectivity index (χ1) is 9.46. The molecule has 2 aliphatic heterocycles. The average molecular weight is 335 g/mol. The lowest BCUT2D eigenvalue weighted by Crippen LogP contribution is -2.39. The van der Waals surface area contributed by atoms with Crippen molar-refractivity contribution in [3.8, 4) is 0 Å². The first-order valence-electron chi connectivity index (χ1n) is 6.99. The molecule has 0 aromatic heterocycles. The lowest BCUT2D eigenvalue weighted by atomic mass is 10.1. The van der Waals surface area contributed by atoms with E-state index in [1.54, 1.807) is 13.0 Å². The van der Waals surface area contributed by atoms with E-state index in [9.17, 15) is 12.8 Å². The fraction of sp³-hybridized carbons (Fsp3) is 0.571. The van der Waals surface area contributed by atoms with Crippen molar-refractivity contribution in [3.63, 3.8) is 0 Å². The molecule has 0 amide bonds. The molecule has 7 heteroatoms. The lowest BCUT2D eigenvalue weighted by molar-refractivity contribution is 0.381. The quantitative estimate of drug-likeness (QED) is 0.900. The van der Waals surface area contributed by atoms with Crippen molar-refractivity contribution < 1.29 is 12.8 Å². The molecular formula is C14H20ClFN2O2S. The second-order valence-electron chi connectivity index (χ2n) is 5.72. The summed E-state index contributed by atoms with van der Waals surface area (Å²) in [7, 11) is -3.74. The molecule has 2 unspecified atom stereocenters. The largest absolute Gasteiger partial charge is 0.310 e. The summed E-state index contributed by atoms with van der Waals surface area (Å²) < 4.78 is 40.6. The van der Waals surface area contributed by atoms with E-state index in [0.29, 0.717) is 19.1 Å². The normalized spacial score (nSPS) is 26.2. The van der Waals surface area contributed by atoms with Gasteiger partial charge in [0.1, 0.15) is 10.7 Å². The second kappa shape index (κ2) is 6.20. The van der Waals surface area contributed by atoms with E-state index in [2.05, 4.69) is 5.32 Å². The summed E-state index contributed by atoms with van der Waals surface area (Å²) in [5.41, 5.74) is 0.720. The van der Waals surface area contributed by atoms with Crippen LogP contribution in [0.1, 0.15) is 24.8 Å². The third-order valence-corrected chi connectivity index (χ3v) is 6.09. The molecule has 0 spiro atoms. The molecule has 4 nitrogen and oxygen atoms in total. The Labute approximate surface area is 131 Å². The number of sulfonamides is 1. The summed E-state index contributed by atoms with van der Waals surface area (Å²) in [5.74, 6) is -0.660. The van der Waals surface area contributed by atoms with E-state index in [1.165, 1.54) is 16.4 Å². The Morgan fingerprint density at radius 2 is 1.95 bits per heavy atom. The minimum absolute atomic E-state index is 0. The predicted octanol–water partition coefficient (Wildman–Crippen LogP) is 2.07. The highest BCUT2D eigenvalue weighted by atomic mass is 35.5. The molecule has 2 heterocycles. The van der Waals surface area contributed by atoms with Gasteiger partial charge in [-0.15, -0.1) is 12.4 Å². The van der Waals surface area contributed by atoms with Crippen molar-refractivity contribution in [2.75, 3.05) is 13.1 Å². The van der Waals surface area contributed by atoms with E-state index in [1.807, 2.05) is 0 Å². The van der Waals surface area contributed by atoms with Crippen molar-refractivity contribution in [2.24, 2.45) is 0 Å². The molecule has 1 aromatic rings. The van der Waals surface area contributed by atoms with Gasteiger partial charge < -0.3 is 5.32 Å². The van der Waals surface area contributed by atoms with Crippen LogP contribution in [0, 0.1) is 12.7 Å². The summed E-state index contributed by atoms with van der Waals surface area (Å²) in [6.07, 6.45) is 2.90. The van der Waals surface area contributed by atoms with Gasteiger partial charge in [0, 0.05) is 25.2 Å². The zero-order chi connectivity index (χ0) is 14.3. The SMILES string of the molecule is Cc1ccc(S(=O)(=O)N2CCC3CCC(C2)N3)c(F)c1.Cl. The van der Waals surface area contributed by atoms with Gasteiger partial charge in [-0.2, -0.15) is 4.31 Å². The Morgan fingerprint density at radius 3 is 2.67 bits per heavy atom. The monoisotopic (exact) mass is 334 g/mol. The third-order valence-electron chi connectivity index (χ3n) is 4.19. The van der Waals surface area contributed by atoms with Crippen LogP contribution in [-0.4, -0.2) is 37.9 Å². The smallest absolute Gasteiger partial charge is 0.246 e. The Kier molecular flexibility index (Phi) is 4.92. The number of hydrogen-bond donors (Lipinski definition) is 1. The van der Waals surface area contributed by atoms with Gasteiger partial charge in [0.2, 0.25) is 10.0 Å². The number of rotatable bonds is 2. The average Bonchev–Trinajstić information content (AvgIpc) is 2.67. The summed E-state index contributed by atoms with van der Waals surface area (Å²) in [5, 5.41) is 3.43. The van der Waals surface area contributed by atoms with Crippen LogP contribution in [0.25, 0.3) is 0 Å². The molecule has 0 radical (unpaired) electrons. The summed E-state index contributed by atoms with van der Waals surface area (Å²) >= 11 is 0. The number of nitrogens with zero attached hydrogens (tertiary/aromatic N) is 1. The molecule has 2 aliphatic rings. The van der Waals surface area contributed by atoms with Crippen molar-refractivity contribution in [3.05, 3.63) is 29.6 Å². The Hall–Kier alpha value is -0.690. The zero-order valence-corrected chi connectivity index (χ0v) is 13.5.